The molecule has 0 aromatic carbocycles. The van der Waals surface area contributed by atoms with Crippen LogP contribution in [0.3, 0.4) is 0 Å². The van der Waals surface area contributed by atoms with Crippen molar-refractivity contribution in [1.82, 2.24) is 4.90 Å². The summed E-state index contributed by atoms with van der Waals surface area (Å²) >= 11 is 1.89. The molecule has 4 heteroatoms. The van der Waals surface area contributed by atoms with Crippen LogP contribution in [0.1, 0.15) is 35.6 Å². The highest BCUT2D eigenvalue weighted by atomic mass is 32.1. The van der Waals surface area contributed by atoms with E-state index in [4.69, 9.17) is 10.5 Å². The van der Waals surface area contributed by atoms with Crippen LogP contribution in [0.2, 0.25) is 0 Å². The van der Waals surface area contributed by atoms with E-state index in [2.05, 4.69) is 30.9 Å². The molecular weight excluding hydrogens is 256 g/mol. The Morgan fingerprint density at radius 2 is 2.32 bits per heavy atom. The molecule has 0 spiro atoms. The van der Waals surface area contributed by atoms with Gasteiger partial charge in [0.25, 0.3) is 0 Å². The average Bonchev–Trinajstić information content (AvgIpc) is 3.00. The second kappa shape index (κ2) is 6.84. The summed E-state index contributed by atoms with van der Waals surface area (Å²) in [4.78, 5) is 5.35. The molecule has 1 saturated heterocycles. The van der Waals surface area contributed by atoms with Crippen molar-refractivity contribution in [1.29, 1.82) is 0 Å². The normalized spacial score (nSPS) is 23.7. The topological polar surface area (TPSA) is 38.5 Å². The van der Waals surface area contributed by atoms with Crippen LogP contribution in [0.25, 0.3) is 0 Å². The van der Waals surface area contributed by atoms with Crippen molar-refractivity contribution in [3.05, 3.63) is 21.9 Å². The minimum Gasteiger partial charge on any atom is -0.384 e. The van der Waals surface area contributed by atoms with Crippen LogP contribution in [-0.4, -0.2) is 37.7 Å². The van der Waals surface area contributed by atoms with Crippen LogP contribution in [-0.2, 0) is 4.74 Å². The molecule has 0 saturated carbocycles. The summed E-state index contributed by atoms with van der Waals surface area (Å²) in [5.41, 5.74) is 6.39. The van der Waals surface area contributed by atoms with E-state index in [9.17, 15) is 0 Å². The van der Waals surface area contributed by atoms with E-state index in [0.29, 0.717) is 12.0 Å². The zero-order valence-electron chi connectivity index (χ0n) is 12.3. The second-order valence-corrected chi connectivity index (χ2v) is 6.89. The fourth-order valence-electron chi connectivity index (χ4n) is 2.98. The summed E-state index contributed by atoms with van der Waals surface area (Å²) in [6.07, 6.45) is 2.25. The molecule has 3 nitrogen and oxygen atoms in total. The van der Waals surface area contributed by atoms with Gasteiger partial charge in [0.05, 0.1) is 12.6 Å². The fourth-order valence-corrected chi connectivity index (χ4v) is 4.07. The van der Waals surface area contributed by atoms with Gasteiger partial charge < -0.3 is 10.5 Å². The summed E-state index contributed by atoms with van der Waals surface area (Å²) in [6, 6.07) is 5.06. The van der Waals surface area contributed by atoms with E-state index in [0.717, 1.165) is 26.1 Å². The zero-order valence-corrected chi connectivity index (χ0v) is 13.1. The predicted molar refractivity (Wildman–Crippen MR) is 81.6 cm³/mol. The lowest BCUT2D eigenvalue weighted by Gasteiger charge is -2.31. The van der Waals surface area contributed by atoms with Gasteiger partial charge in [0.1, 0.15) is 0 Å². The van der Waals surface area contributed by atoms with Gasteiger partial charge in [-0.2, -0.15) is 0 Å². The van der Waals surface area contributed by atoms with Gasteiger partial charge in [-0.1, -0.05) is 6.92 Å². The van der Waals surface area contributed by atoms with Gasteiger partial charge in [0.15, 0.2) is 0 Å². The monoisotopic (exact) mass is 282 g/mol. The molecule has 1 aromatic heterocycles. The largest absolute Gasteiger partial charge is 0.384 e. The Kier molecular flexibility index (Phi) is 5.39. The number of hydrogen-bond donors (Lipinski definition) is 1. The number of hydrogen-bond acceptors (Lipinski definition) is 4. The Morgan fingerprint density at radius 1 is 1.53 bits per heavy atom. The number of ether oxygens (including phenoxy) is 1. The first-order chi connectivity index (χ1) is 9.15. The smallest absolute Gasteiger partial charge is 0.0593 e. The zero-order chi connectivity index (χ0) is 13.8. The quantitative estimate of drug-likeness (QED) is 0.872. The van der Waals surface area contributed by atoms with E-state index in [1.807, 2.05) is 11.3 Å². The van der Waals surface area contributed by atoms with Gasteiger partial charge in [0, 0.05) is 29.5 Å². The maximum atomic E-state index is 6.39. The highest BCUT2D eigenvalue weighted by Gasteiger charge is 2.32. The Morgan fingerprint density at radius 3 is 2.89 bits per heavy atom. The van der Waals surface area contributed by atoms with E-state index < -0.39 is 0 Å². The highest BCUT2D eigenvalue weighted by molar-refractivity contribution is 7.12. The molecule has 3 unspecified atom stereocenters. The second-order valence-electron chi connectivity index (χ2n) is 5.57. The van der Waals surface area contributed by atoms with Crippen LogP contribution in [0, 0.1) is 12.8 Å². The number of likely N-dealkylation sites (tertiary alicyclic amines) is 1. The molecule has 19 heavy (non-hydrogen) atoms. The van der Waals surface area contributed by atoms with Gasteiger partial charge in [-0.25, -0.2) is 0 Å². The number of aryl methyl sites for hydroxylation is 1. The molecule has 2 rings (SSSR count). The molecule has 2 heterocycles. The SMILES string of the molecule is CCC(N)C(c1ccc(C)s1)N1CCC(COC)C1. The van der Waals surface area contributed by atoms with Crippen LogP contribution in [0.15, 0.2) is 12.1 Å². The molecule has 108 valence electrons. The number of nitrogens with zero attached hydrogens (tertiary/aromatic N) is 1. The van der Waals surface area contributed by atoms with Crippen LogP contribution in [0.4, 0.5) is 0 Å². The average molecular weight is 282 g/mol. The maximum Gasteiger partial charge on any atom is 0.0593 e. The third kappa shape index (κ3) is 3.57. The Labute approximate surface area is 120 Å². The van der Waals surface area contributed by atoms with Gasteiger partial charge in [-0.15, -0.1) is 11.3 Å². The van der Waals surface area contributed by atoms with Crippen LogP contribution in [0.5, 0.6) is 0 Å². The lowest BCUT2D eigenvalue weighted by molar-refractivity contribution is 0.142. The van der Waals surface area contributed by atoms with Crippen LogP contribution >= 0.6 is 11.3 Å². The van der Waals surface area contributed by atoms with Gasteiger partial charge in [0.2, 0.25) is 0 Å². The van der Waals surface area contributed by atoms with Crippen molar-refractivity contribution in [2.24, 2.45) is 11.7 Å². The Hall–Kier alpha value is -0.420. The molecule has 0 bridgehead atoms. The molecule has 1 aliphatic heterocycles. The predicted octanol–water partition coefficient (Wildman–Crippen LogP) is 2.80. The van der Waals surface area contributed by atoms with E-state index in [1.165, 1.54) is 16.2 Å². The first-order valence-corrected chi connectivity index (χ1v) is 8.02. The lowest BCUT2D eigenvalue weighted by atomic mass is 10.0. The van der Waals surface area contributed by atoms with Gasteiger partial charge in [-0.3, -0.25) is 4.90 Å². The van der Waals surface area contributed by atoms with Crippen molar-refractivity contribution in [2.45, 2.75) is 38.8 Å². The summed E-state index contributed by atoms with van der Waals surface area (Å²) in [5.74, 6) is 0.664. The van der Waals surface area contributed by atoms with Crippen molar-refractivity contribution in [3.63, 3.8) is 0 Å². The van der Waals surface area contributed by atoms with Crippen LogP contribution < -0.4 is 5.73 Å². The van der Waals surface area contributed by atoms with Crippen molar-refractivity contribution < 1.29 is 4.74 Å². The van der Waals surface area contributed by atoms with Gasteiger partial charge >= 0.3 is 0 Å². The molecule has 1 aliphatic rings. The molecule has 0 radical (unpaired) electrons. The highest BCUT2D eigenvalue weighted by Crippen LogP contribution is 2.34. The number of nitrogens with two attached hydrogens (primary N) is 1. The summed E-state index contributed by atoms with van der Waals surface area (Å²) < 4.78 is 5.30. The first kappa shape index (κ1) is 15.0. The standard InChI is InChI=1S/C15H26N2OS/c1-4-13(16)15(14-6-5-11(2)19-14)17-8-7-12(9-17)10-18-3/h5-6,12-13,15H,4,7-10,16H2,1-3H3. The molecule has 2 N–H and O–H groups in total. The van der Waals surface area contributed by atoms with E-state index >= 15 is 0 Å². The number of rotatable bonds is 6. The molecule has 0 aliphatic carbocycles. The Bertz CT molecular complexity index is 393. The third-order valence-corrected chi connectivity index (χ3v) is 5.11. The molecule has 3 atom stereocenters. The fraction of sp³-hybridized carbons (Fsp3) is 0.733. The lowest BCUT2D eigenvalue weighted by Crippen LogP contribution is -2.39. The van der Waals surface area contributed by atoms with Gasteiger partial charge in [-0.05, 0) is 44.4 Å². The molecule has 1 fully saturated rings. The van der Waals surface area contributed by atoms with Crippen molar-refractivity contribution >= 4 is 11.3 Å². The van der Waals surface area contributed by atoms with Crippen molar-refractivity contribution in [3.8, 4) is 0 Å². The number of thiophene rings is 1. The summed E-state index contributed by atoms with van der Waals surface area (Å²) in [7, 11) is 1.79. The third-order valence-electron chi connectivity index (χ3n) is 4.04. The molecule has 1 aromatic rings. The van der Waals surface area contributed by atoms with E-state index in [-0.39, 0.29) is 6.04 Å². The maximum absolute atomic E-state index is 6.39. The molecular formula is C15H26N2OS. The molecule has 0 amide bonds. The summed E-state index contributed by atoms with van der Waals surface area (Å²) in [5, 5.41) is 0. The van der Waals surface area contributed by atoms with Crippen molar-refractivity contribution in [2.75, 3.05) is 26.8 Å². The summed E-state index contributed by atoms with van der Waals surface area (Å²) in [6.45, 7) is 7.47. The Balaban J connectivity index is 2.11. The van der Waals surface area contributed by atoms with E-state index in [1.54, 1.807) is 7.11 Å². The number of methoxy groups -OCH3 is 1. The minimum absolute atomic E-state index is 0.222. The first-order valence-electron chi connectivity index (χ1n) is 7.20. The minimum atomic E-state index is 0.222.